The number of nitrogens with one attached hydrogen (secondary N) is 3. The Morgan fingerprint density at radius 3 is 2.75 bits per heavy atom. The van der Waals surface area contributed by atoms with Gasteiger partial charge in [-0.3, -0.25) is 4.79 Å². The van der Waals surface area contributed by atoms with Crippen LogP contribution < -0.4 is 20.7 Å². The highest BCUT2D eigenvalue weighted by molar-refractivity contribution is 5.94. The Morgan fingerprint density at radius 2 is 1.94 bits per heavy atom. The minimum absolute atomic E-state index is 0.0747. The number of carbonyl (C=O) groups excluding carboxylic acids is 1. The van der Waals surface area contributed by atoms with Crippen LogP contribution in [-0.2, 0) is 17.7 Å². The lowest BCUT2D eigenvalue weighted by molar-refractivity contribution is 0.0857. The summed E-state index contributed by atoms with van der Waals surface area (Å²) in [4.78, 5) is 17.2. The van der Waals surface area contributed by atoms with Crippen molar-refractivity contribution in [2.45, 2.75) is 44.9 Å². The van der Waals surface area contributed by atoms with E-state index in [4.69, 9.17) is 14.5 Å². The molecule has 1 fully saturated rings. The maximum Gasteiger partial charge on any atom is 0.251 e. The Balaban J connectivity index is 1.29. The lowest BCUT2D eigenvalue weighted by Crippen LogP contribution is -2.42. The van der Waals surface area contributed by atoms with Gasteiger partial charge in [-0.2, -0.15) is 0 Å². The molecule has 2 aliphatic rings. The second kappa shape index (κ2) is 11.0. The first-order valence-electron chi connectivity index (χ1n) is 11.5. The van der Waals surface area contributed by atoms with Gasteiger partial charge in [0.2, 0.25) is 0 Å². The molecule has 0 saturated carbocycles. The first-order chi connectivity index (χ1) is 15.7. The van der Waals surface area contributed by atoms with Crippen molar-refractivity contribution in [2.24, 2.45) is 4.99 Å². The van der Waals surface area contributed by atoms with Crippen molar-refractivity contribution in [3.63, 3.8) is 0 Å². The van der Waals surface area contributed by atoms with Crippen LogP contribution in [0.4, 0.5) is 0 Å². The van der Waals surface area contributed by atoms with E-state index < -0.39 is 0 Å². The average molecular weight is 437 g/mol. The van der Waals surface area contributed by atoms with Crippen LogP contribution in [-0.4, -0.2) is 50.3 Å². The molecule has 2 atom stereocenters. The number of aliphatic imine (C=N–C) groups is 1. The fraction of sp³-hybridized carbons (Fsp3) is 0.440. The lowest BCUT2D eigenvalue weighted by atomic mass is 10.1. The van der Waals surface area contributed by atoms with E-state index >= 15 is 0 Å². The Hall–Kier alpha value is -3.06. The molecular weight excluding hydrogens is 404 g/mol. The van der Waals surface area contributed by atoms with E-state index in [1.807, 2.05) is 49.4 Å². The summed E-state index contributed by atoms with van der Waals surface area (Å²) in [7, 11) is 0. The van der Waals surface area contributed by atoms with Crippen LogP contribution >= 0.6 is 0 Å². The standard InChI is InChI=1S/C25H32N4O3/c1-2-26-25(29-17-22-14-19-8-3-4-11-23(19)32-22)28-15-18-7-5-9-20(13-18)24(30)27-16-21-10-6-12-31-21/h3-5,7-9,11,13,21-22H,2,6,10,12,14-17H2,1H3,(H,27,30)(H2,26,28,29). The number of carbonyl (C=O) groups is 1. The van der Waals surface area contributed by atoms with E-state index in [2.05, 4.69) is 22.0 Å². The number of nitrogens with zero attached hydrogens (tertiary/aromatic N) is 1. The van der Waals surface area contributed by atoms with Gasteiger partial charge < -0.3 is 25.4 Å². The molecule has 7 nitrogen and oxygen atoms in total. The van der Waals surface area contributed by atoms with Gasteiger partial charge in [-0.25, -0.2) is 4.99 Å². The summed E-state index contributed by atoms with van der Waals surface area (Å²) in [5, 5.41) is 9.63. The summed E-state index contributed by atoms with van der Waals surface area (Å²) in [6.07, 6.45) is 3.19. The molecule has 0 radical (unpaired) electrons. The molecule has 2 unspecified atom stereocenters. The van der Waals surface area contributed by atoms with Crippen molar-refractivity contribution >= 4 is 11.9 Å². The largest absolute Gasteiger partial charge is 0.488 e. The molecule has 3 N–H and O–H groups in total. The average Bonchev–Trinajstić information content (AvgIpc) is 3.49. The first kappa shape index (κ1) is 22.1. The maximum atomic E-state index is 12.5. The van der Waals surface area contributed by atoms with Gasteiger partial charge in [0.15, 0.2) is 5.96 Å². The fourth-order valence-corrected chi connectivity index (χ4v) is 4.02. The predicted molar refractivity (Wildman–Crippen MR) is 125 cm³/mol. The Labute approximate surface area is 189 Å². The molecule has 1 amide bonds. The van der Waals surface area contributed by atoms with Crippen molar-refractivity contribution in [1.29, 1.82) is 0 Å². The van der Waals surface area contributed by atoms with E-state index in [1.165, 1.54) is 5.56 Å². The summed E-state index contributed by atoms with van der Waals surface area (Å²) >= 11 is 0. The highest BCUT2D eigenvalue weighted by Gasteiger charge is 2.22. The van der Waals surface area contributed by atoms with E-state index in [1.54, 1.807) is 0 Å². The zero-order valence-corrected chi connectivity index (χ0v) is 18.6. The first-order valence-corrected chi connectivity index (χ1v) is 11.5. The minimum atomic E-state index is -0.0747. The van der Waals surface area contributed by atoms with Crippen molar-refractivity contribution < 1.29 is 14.3 Å². The number of amides is 1. The lowest BCUT2D eigenvalue weighted by Gasteiger charge is -2.15. The zero-order valence-electron chi connectivity index (χ0n) is 18.6. The van der Waals surface area contributed by atoms with Gasteiger partial charge in [0, 0.05) is 31.7 Å². The van der Waals surface area contributed by atoms with Gasteiger partial charge in [-0.05, 0) is 49.1 Å². The van der Waals surface area contributed by atoms with Crippen LogP contribution in [0.5, 0.6) is 5.75 Å². The van der Waals surface area contributed by atoms with Crippen molar-refractivity contribution in [3.05, 3.63) is 65.2 Å². The third kappa shape index (κ3) is 6.01. The maximum absolute atomic E-state index is 12.5. The molecule has 170 valence electrons. The quantitative estimate of drug-likeness (QED) is 0.438. The van der Waals surface area contributed by atoms with E-state index in [0.29, 0.717) is 25.2 Å². The van der Waals surface area contributed by atoms with Gasteiger partial charge in [0.1, 0.15) is 11.9 Å². The van der Waals surface area contributed by atoms with Crippen molar-refractivity contribution in [2.75, 3.05) is 26.2 Å². The van der Waals surface area contributed by atoms with Crippen LogP contribution in [0.3, 0.4) is 0 Å². The van der Waals surface area contributed by atoms with E-state index in [0.717, 1.165) is 49.7 Å². The third-order valence-corrected chi connectivity index (χ3v) is 5.68. The van der Waals surface area contributed by atoms with Crippen LogP contribution in [0.2, 0.25) is 0 Å². The second-order valence-electron chi connectivity index (χ2n) is 8.17. The molecule has 2 aliphatic heterocycles. The highest BCUT2D eigenvalue weighted by Crippen LogP contribution is 2.27. The number of benzene rings is 2. The van der Waals surface area contributed by atoms with Crippen LogP contribution in [0.25, 0.3) is 0 Å². The molecule has 32 heavy (non-hydrogen) atoms. The number of rotatable bonds is 8. The summed E-state index contributed by atoms with van der Waals surface area (Å²) < 4.78 is 11.6. The smallest absolute Gasteiger partial charge is 0.251 e. The third-order valence-electron chi connectivity index (χ3n) is 5.68. The van der Waals surface area contributed by atoms with Crippen molar-refractivity contribution in [3.8, 4) is 5.75 Å². The second-order valence-corrected chi connectivity index (χ2v) is 8.17. The Morgan fingerprint density at radius 1 is 1.06 bits per heavy atom. The molecule has 7 heteroatoms. The number of ether oxygens (including phenoxy) is 2. The number of fused-ring (bicyclic) bond motifs is 1. The number of guanidine groups is 1. The molecule has 2 aromatic rings. The van der Waals surface area contributed by atoms with Gasteiger partial charge in [0.05, 0.1) is 19.2 Å². The minimum Gasteiger partial charge on any atom is -0.488 e. The Kier molecular flexibility index (Phi) is 7.61. The van der Waals surface area contributed by atoms with Gasteiger partial charge in [-0.15, -0.1) is 0 Å². The molecule has 1 saturated heterocycles. The molecule has 0 bridgehead atoms. The van der Waals surface area contributed by atoms with Gasteiger partial charge in [-0.1, -0.05) is 30.3 Å². The molecule has 2 heterocycles. The SMILES string of the molecule is CCNC(=NCc1cccc(C(=O)NCC2CCCO2)c1)NCC1Cc2ccccc2O1. The summed E-state index contributed by atoms with van der Waals surface area (Å²) in [6.45, 7) is 5.31. The Bertz CT molecular complexity index is 915. The predicted octanol–water partition coefficient (Wildman–Crippen LogP) is 2.65. The van der Waals surface area contributed by atoms with Crippen LogP contribution in [0, 0.1) is 0 Å². The van der Waals surface area contributed by atoms with Crippen LogP contribution in [0.1, 0.15) is 41.3 Å². The number of hydrogen-bond donors (Lipinski definition) is 3. The van der Waals surface area contributed by atoms with Crippen LogP contribution in [0.15, 0.2) is 53.5 Å². The summed E-state index contributed by atoms with van der Waals surface area (Å²) in [6, 6.07) is 15.8. The monoisotopic (exact) mass is 436 g/mol. The zero-order chi connectivity index (χ0) is 22.2. The van der Waals surface area contributed by atoms with Crippen molar-refractivity contribution in [1.82, 2.24) is 16.0 Å². The summed E-state index contributed by atoms with van der Waals surface area (Å²) in [5.74, 6) is 1.63. The molecule has 4 rings (SSSR count). The van der Waals surface area contributed by atoms with E-state index in [-0.39, 0.29) is 18.1 Å². The number of para-hydroxylation sites is 1. The summed E-state index contributed by atoms with van der Waals surface area (Å²) in [5.41, 5.74) is 2.87. The van der Waals surface area contributed by atoms with Gasteiger partial charge in [0.25, 0.3) is 5.91 Å². The fourth-order valence-electron chi connectivity index (χ4n) is 4.02. The number of hydrogen-bond acceptors (Lipinski definition) is 4. The molecular formula is C25H32N4O3. The highest BCUT2D eigenvalue weighted by atomic mass is 16.5. The molecule has 0 spiro atoms. The molecule has 0 aliphatic carbocycles. The van der Waals surface area contributed by atoms with Gasteiger partial charge >= 0.3 is 0 Å². The normalized spacial score (nSPS) is 19.8. The topological polar surface area (TPSA) is 84.0 Å². The van der Waals surface area contributed by atoms with E-state index in [9.17, 15) is 4.79 Å². The molecule has 0 aromatic heterocycles. The molecule has 2 aromatic carbocycles.